The second-order valence-corrected chi connectivity index (χ2v) is 13.6. The van der Waals surface area contributed by atoms with Crippen molar-refractivity contribution in [1.29, 1.82) is 5.26 Å². The molecule has 2 aliphatic heterocycles. The molecule has 0 aliphatic carbocycles. The van der Waals surface area contributed by atoms with E-state index in [0.717, 1.165) is 18.4 Å². The molecule has 8 rings (SSSR count). The number of aliphatic hydroxyl groups excluding tert-OH is 6. The number of hydrogen-bond acceptors (Lipinski definition) is 18. The smallest absolute Gasteiger partial charge is 0.236 e. The van der Waals surface area contributed by atoms with Crippen LogP contribution in [0.5, 0.6) is 0 Å². The molecule has 2 aromatic carbocycles. The average molecular weight is 1480 g/mol. The maximum absolute atomic E-state index is 10.3. The van der Waals surface area contributed by atoms with Crippen molar-refractivity contribution in [2.24, 2.45) is 5.73 Å². The SMILES string of the molecule is N#Cc1nc(NCCc2ccccc2)c2ncn(C3O[C@H](CO)C(O)C3O)c2n1.NCc1nc(NCCc2ccccc2)c2ncn([C@@H]3O[C@H](CO)[C@@H](O)[C@H]3O)c2n1.[Ac].[Ac].[Ac]. The molecular weight excluding hydrogens is 1430 g/mol. The summed E-state index contributed by atoms with van der Waals surface area (Å²) in [4.78, 5) is 25.9. The van der Waals surface area contributed by atoms with E-state index in [1.54, 1.807) is 0 Å². The van der Waals surface area contributed by atoms with Crippen LogP contribution in [0.15, 0.2) is 73.3 Å². The van der Waals surface area contributed by atoms with Gasteiger partial charge in [-0.25, -0.2) is 19.9 Å². The minimum atomic E-state index is -1.28. The van der Waals surface area contributed by atoms with Crippen LogP contribution in [0.3, 0.4) is 0 Å². The van der Waals surface area contributed by atoms with E-state index in [1.807, 2.05) is 54.6 Å². The van der Waals surface area contributed by atoms with E-state index in [-0.39, 0.29) is 150 Å². The van der Waals surface area contributed by atoms with Gasteiger partial charge in [0.05, 0.1) is 32.4 Å². The minimum Gasteiger partial charge on any atom is -0.394 e. The number of nitrogens with two attached hydrogens (primary N) is 1. The number of nitrogens with one attached hydrogen (secondary N) is 2. The van der Waals surface area contributed by atoms with Crippen LogP contribution in [-0.2, 0) is 28.9 Å². The standard InChI is InChI=1S/C19H24N6O4.C19H20N6O4.3Ac/c2*20-8-13-23-17(21-7-6-11-4-2-1-3-5-11)14-18(24-13)25(10-22-14)19-16(28)15(27)12(9-26)29-19;;;/h1-5,10,12,15-16,19,26-28H,6-9,20H2,(H,21,23,24);1-5,10,12,15-16,19,26-28H,6-7,9H2,(H,21,23,24);;;/t12-,15-,16-,19-;12-,15?,16?,19?;;;/m11.../s1. The maximum atomic E-state index is 10.3. The van der Waals surface area contributed by atoms with E-state index < -0.39 is 62.3 Å². The topological polar surface area (TPSA) is 301 Å². The average Bonchev–Trinajstić information content (AvgIpc) is 4.02. The van der Waals surface area contributed by atoms with Crippen molar-refractivity contribution >= 4 is 34.0 Å². The first kappa shape index (κ1) is 52.2. The molecule has 2 saturated heterocycles. The molecule has 0 spiro atoms. The van der Waals surface area contributed by atoms with E-state index in [0.29, 0.717) is 47.2 Å². The molecule has 6 heterocycles. The van der Waals surface area contributed by atoms with Crippen molar-refractivity contribution in [3.05, 3.63) is 96.1 Å². The molecule has 8 atom stereocenters. The van der Waals surface area contributed by atoms with E-state index in [4.69, 9.17) is 15.2 Å². The molecule has 313 valence electrons. The number of nitrogens with zero attached hydrogens (tertiary/aromatic N) is 9. The summed E-state index contributed by atoms with van der Waals surface area (Å²) in [7, 11) is 0. The van der Waals surface area contributed by atoms with Gasteiger partial charge < -0.3 is 56.5 Å². The summed E-state index contributed by atoms with van der Waals surface area (Å²) in [5.74, 6) is 1.28. The normalized spacial score (nSPS) is 22.9. The Hall–Kier alpha value is -1.41. The van der Waals surface area contributed by atoms with Gasteiger partial charge in [-0.3, -0.25) is 9.13 Å². The molecule has 6 aromatic rings. The van der Waals surface area contributed by atoms with Crippen molar-refractivity contribution in [3.8, 4) is 6.07 Å². The van der Waals surface area contributed by atoms with E-state index in [9.17, 15) is 35.9 Å². The number of aliphatic hydroxyl groups is 6. The van der Waals surface area contributed by atoms with Crippen LogP contribution in [0.4, 0.5) is 11.6 Å². The number of fused-ring (bicyclic) bond motifs is 2. The summed E-state index contributed by atoms with van der Waals surface area (Å²) in [6.45, 7) is 0.496. The Morgan fingerprint density at radius 3 is 1.49 bits per heavy atom. The minimum absolute atomic E-state index is 0. The van der Waals surface area contributed by atoms with Crippen molar-refractivity contribution < 1.29 is 172 Å². The van der Waals surface area contributed by atoms with Gasteiger partial charge in [-0.15, -0.1) is 0 Å². The molecule has 0 bridgehead atoms. The number of aromatic nitrogens is 8. The van der Waals surface area contributed by atoms with Gasteiger partial charge in [0.15, 0.2) is 46.4 Å². The van der Waals surface area contributed by atoms with Crippen molar-refractivity contribution in [2.45, 2.75) is 68.5 Å². The number of hydrogen-bond donors (Lipinski definition) is 9. The molecule has 61 heavy (non-hydrogen) atoms. The molecule has 3 radical (unpaired) electrons. The number of nitriles is 1. The van der Waals surface area contributed by atoms with E-state index in [1.165, 1.54) is 27.4 Å². The first-order chi connectivity index (χ1) is 28.2. The van der Waals surface area contributed by atoms with Crippen LogP contribution in [0.25, 0.3) is 22.3 Å². The van der Waals surface area contributed by atoms with Gasteiger partial charge in [-0.2, -0.15) is 15.2 Å². The van der Waals surface area contributed by atoms with Crippen molar-refractivity contribution in [1.82, 2.24) is 39.0 Å². The van der Waals surface area contributed by atoms with Crippen molar-refractivity contribution in [3.63, 3.8) is 0 Å². The largest absolute Gasteiger partial charge is 0.394 e. The van der Waals surface area contributed by atoms with Gasteiger partial charge in [-0.1, -0.05) is 60.7 Å². The molecule has 2 fully saturated rings. The third kappa shape index (κ3) is 12.1. The second kappa shape index (κ2) is 24.8. The Labute approximate surface area is 457 Å². The molecule has 20 nitrogen and oxygen atoms in total. The third-order valence-corrected chi connectivity index (χ3v) is 9.85. The third-order valence-electron chi connectivity index (χ3n) is 9.85. The summed E-state index contributed by atoms with van der Waals surface area (Å²) in [5, 5.41) is 75.1. The predicted octanol–water partition coefficient (Wildman–Crippen LogP) is -0.485. The van der Waals surface area contributed by atoms with Crippen LogP contribution in [0.2, 0.25) is 0 Å². The van der Waals surface area contributed by atoms with Gasteiger partial charge in [0.25, 0.3) is 0 Å². The maximum Gasteiger partial charge on any atom is 0.236 e. The monoisotopic (exact) mass is 1480 g/mol. The molecule has 10 N–H and O–H groups in total. The van der Waals surface area contributed by atoms with Gasteiger partial charge in [0.1, 0.15) is 48.5 Å². The molecular formula is C38H44Ac3N12O8. The Morgan fingerprint density at radius 2 is 1.08 bits per heavy atom. The molecule has 4 aromatic heterocycles. The summed E-state index contributed by atoms with van der Waals surface area (Å²) < 4.78 is 14.1. The first-order valence-corrected chi connectivity index (χ1v) is 18.6. The van der Waals surface area contributed by atoms with E-state index >= 15 is 0 Å². The number of imidazole rings is 2. The Kier molecular flexibility index (Phi) is 21.2. The molecule has 0 saturated carbocycles. The fourth-order valence-electron chi connectivity index (χ4n) is 6.80. The van der Waals surface area contributed by atoms with Crippen molar-refractivity contribution in [2.75, 3.05) is 36.9 Å². The number of benzene rings is 2. The van der Waals surface area contributed by atoms with Gasteiger partial charge in [0.2, 0.25) is 5.82 Å². The zero-order chi connectivity index (χ0) is 40.8. The van der Waals surface area contributed by atoms with E-state index in [2.05, 4.69) is 52.7 Å². The fraction of sp³-hybridized carbons (Fsp3) is 0.395. The summed E-state index contributed by atoms with van der Waals surface area (Å²) in [6.07, 6.45) is -4.25. The molecule has 23 heteroatoms. The van der Waals surface area contributed by atoms with Crippen LogP contribution in [-0.4, -0.2) is 133 Å². The van der Waals surface area contributed by atoms with Crippen LogP contribution >= 0.6 is 0 Å². The zero-order valence-electron chi connectivity index (χ0n) is 32.8. The second-order valence-electron chi connectivity index (χ2n) is 13.6. The zero-order valence-corrected chi connectivity index (χ0v) is 47.1. The summed E-state index contributed by atoms with van der Waals surface area (Å²) in [5.41, 5.74) is 9.74. The van der Waals surface area contributed by atoms with Gasteiger partial charge in [0, 0.05) is 145 Å². The quantitative estimate of drug-likeness (QED) is 0.0705. The molecule has 3 unspecified atom stereocenters. The van der Waals surface area contributed by atoms with Crippen LogP contribution in [0, 0.1) is 144 Å². The van der Waals surface area contributed by atoms with Gasteiger partial charge >= 0.3 is 0 Å². The summed E-state index contributed by atoms with van der Waals surface area (Å²) in [6, 6.07) is 21.9. The van der Waals surface area contributed by atoms with Crippen LogP contribution in [0.1, 0.15) is 35.2 Å². The Balaban J connectivity index is 0.000000256. The summed E-state index contributed by atoms with van der Waals surface area (Å²) >= 11 is 0. The Bertz CT molecular complexity index is 2340. The Morgan fingerprint density at radius 1 is 0.639 bits per heavy atom. The number of anilines is 2. The molecule has 0 amide bonds. The van der Waals surface area contributed by atoms with Gasteiger partial charge in [-0.05, 0) is 24.0 Å². The predicted molar refractivity (Wildman–Crippen MR) is 207 cm³/mol. The molecule has 2 aliphatic rings. The number of ether oxygens (including phenoxy) is 2. The fourth-order valence-corrected chi connectivity index (χ4v) is 6.80. The number of rotatable bonds is 13. The van der Waals surface area contributed by atoms with Crippen LogP contribution < -0.4 is 16.4 Å². The first-order valence-electron chi connectivity index (χ1n) is 18.6.